The zero-order chi connectivity index (χ0) is 16.9. The summed E-state index contributed by atoms with van der Waals surface area (Å²) >= 11 is 1.71. The van der Waals surface area contributed by atoms with Crippen molar-refractivity contribution >= 4 is 11.3 Å². The van der Waals surface area contributed by atoms with Crippen LogP contribution in [0.25, 0.3) is 0 Å². The van der Waals surface area contributed by atoms with Crippen LogP contribution in [-0.4, -0.2) is 35.3 Å². The first-order chi connectivity index (χ1) is 10.9. The van der Waals surface area contributed by atoms with Gasteiger partial charge in [0.25, 0.3) is 0 Å². The molecule has 1 heterocycles. The summed E-state index contributed by atoms with van der Waals surface area (Å²) in [5.74, 6) is 0.879. The Bertz CT molecular complexity index is 619. The number of rotatable bonds is 7. The molecule has 2 rings (SSSR count). The van der Waals surface area contributed by atoms with Crippen molar-refractivity contribution in [2.75, 3.05) is 20.3 Å². The minimum Gasteiger partial charge on any atom is -0.496 e. The fourth-order valence-corrected chi connectivity index (χ4v) is 3.28. The van der Waals surface area contributed by atoms with E-state index in [4.69, 9.17) is 9.72 Å². The molecule has 0 unspecified atom stereocenters. The van der Waals surface area contributed by atoms with Crippen molar-refractivity contribution < 1.29 is 9.84 Å². The Morgan fingerprint density at radius 2 is 1.96 bits per heavy atom. The molecule has 2 aromatic rings. The molecule has 0 aliphatic carbocycles. The normalized spacial score (nSPS) is 11.9. The van der Waals surface area contributed by atoms with Crippen LogP contribution in [0.2, 0.25) is 0 Å². The molecule has 126 valence electrons. The Balaban J connectivity index is 2.11. The van der Waals surface area contributed by atoms with Gasteiger partial charge in [0.1, 0.15) is 5.75 Å². The molecule has 4 nitrogen and oxygen atoms in total. The van der Waals surface area contributed by atoms with Gasteiger partial charge >= 0.3 is 0 Å². The van der Waals surface area contributed by atoms with Crippen molar-refractivity contribution in [3.05, 3.63) is 45.9 Å². The second kappa shape index (κ2) is 7.90. The van der Waals surface area contributed by atoms with Gasteiger partial charge < -0.3 is 9.84 Å². The molecule has 5 heteroatoms. The number of para-hydroxylation sites is 1. The minimum atomic E-state index is 0.0768. The number of aliphatic hydroxyl groups excluding tert-OH is 1. The van der Waals surface area contributed by atoms with Crippen molar-refractivity contribution in [1.82, 2.24) is 9.88 Å². The largest absolute Gasteiger partial charge is 0.496 e. The zero-order valence-electron chi connectivity index (χ0n) is 14.4. The molecule has 0 spiro atoms. The first-order valence-electron chi connectivity index (χ1n) is 7.84. The molecule has 0 atom stereocenters. The summed E-state index contributed by atoms with van der Waals surface area (Å²) in [6, 6.07) is 8.00. The third-order valence-electron chi connectivity index (χ3n) is 3.58. The van der Waals surface area contributed by atoms with Gasteiger partial charge in [0.2, 0.25) is 0 Å². The Labute approximate surface area is 142 Å². The molecule has 23 heavy (non-hydrogen) atoms. The van der Waals surface area contributed by atoms with Gasteiger partial charge in [-0.2, -0.15) is 0 Å². The van der Waals surface area contributed by atoms with Gasteiger partial charge in [-0.15, -0.1) is 11.3 Å². The maximum atomic E-state index is 9.36. The van der Waals surface area contributed by atoms with Gasteiger partial charge in [-0.25, -0.2) is 4.98 Å². The summed E-state index contributed by atoms with van der Waals surface area (Å²) in [5, 5.41) is 12.6. The van der Waals surface area contributed by atoms with E-state index in [1.165, 1.54) is 0 Å². The molecule has 0 aliphatic heterocycles. The number of hydrogen-bond acceptors (Lipinski definition) is 5. The van der Waals surface area contributed by atoms with Crippen LogP contribution >= 0.6 is 11.3 Å². The van der Waals surface area contributed by atoms with E-state index in [9.17, 15) is 5.11 Å². The van der Waals surface area contributed by atoms with E-state index in [0.29, 0.717) is 6.54 Å². The van der Waals surface area contributed by atoms with Gasteiger partial charge in [0.15, 0.2) is 0 Å². The molecule has 0 radical (unpaired) electrons. The highest BCUT2D eigenvalue weighted by molar-refractivity contribution is 7.09. The highest BCUT2D eigenvalue weighted by atomic mass is 32.1. The first kappa shape index (κ1) is 17.9. The summed E-state index contributed by atoms with van der Waals surface area (Å²) in [4.78, 5) is 6.95. The van der Waals surface area contributed by atoms with Crippen molar-refractivity contribution in [1.29, 1.82) is 0 Å². The summed E-state index contributed by atoms with van der Waals surface area (Å²) in [6.45, 7) is 8.73. The predicted molar refractivity (Wildman–Crippen MR) is 95.0 cm³/mol. The molecule has 0 fully saturated rings. The monoisotopic (exact) mass is 334 g/mol. The Morgan fingerprint density at radius 1 is 1.22 bits per heavy atom. The van der Waals surface area contributed by atoms with E-state index < -0.39 is 0 Å². The summed E-state index contributed by atoms with van der Waals surface area (Å²) in [7, 11) is 1.69. The topological polar surface area (TPSA) is 45.6 Å². The molecule has 1 aromatic carbocycles. The van der Waals surface area contributed by atoms with Crippen molar-refractivity contribution in [2.24, 2.45) is 0 Å². The maximum absolute atomic E-state index is 9.36. The number of thiazole rings is 1. The summed E-state index contributed by atoms with van der Waals surface area (Å²) < 4.78 is 5.42. The molecule has 0 bridgehead atoms. The third-order valence-corrected chi connectivity index (χ3v) is 4.90. The van der Waals surface area contributed by atoms with Crippen LogP contribution < -0.4 is 4.74 Å². The molecular weight excluding hydrogens is 308 g/mol. The molecule has 1 N–H and O–H groups in total. The lowest BCUT2D eigenvalue weighted by atomic mass is 9.98. The average molecular weight is 334 g/mol. The van der Waals surface area contributed by atoms with Crippen molar-refractivity contribution in [3.63, 3.8) is 0 Å². The molecule has 0 aliphatic rings. The highest BCUT2D eigenvalue weighted by Gasteiger charge is 2.19. The van der Waals surface area contributed by atoms with E-state index in [-0.39, 0.29) is 12.0 Å². The Hall–Kier alpha value is -1.43. The maximum Gasteiger partial charge on any atom is 0.123 e. The van der Waals surface area contributed by atoms with Crippen LogP contribution in [0.4, 0.5) is 0 Å². The highest BCUT2D eigenvalue weighted by Crippen LogP contribution is 2.26. The second-order valence-corrected chi connectivity index (χ2v) is 7.50. The SMILES string of the molecule is COc1ccccc1CN(CCO)Cc1csc(C(C)(C)C)n1. The lowest BCUT2D eigenvalue weighted by Crippen LogP contribution is -2.26. The van der Waals surface area contributed by atoms with Crippen LogP contribution in [0.1, 0.15) is 37.0 Å². The smallest absolute Gasteiger partial charge is 0.123 e. The third kappa shape index (κ3) is 5.03. The summed E-state index contributed by atoms with van der Waals surface area (Å²) in [5.41, 5.74) is 2.26. The van der Waals surface area contributed by atoms with Crippen LogP contribution in [0.5, 0.6) is 5.75 Å². The van der Waals surface area contributed by atoms with Gasteiger partial charge in [-0.05, 0) is 6.07 Å². The molecule has 0 amide bonds. The van der Waals surface area contributed by atoms with Crippen LogP contribution in [0, 0.1) is 0 Å². The Morgan fingerprint density at radius 3 is 2.57 bits per heavy atom. The standard InChI is InChI=1S/C18H26N2O2S/c1-18(2,3)17-19-15(13-23-17)12-20(9-10-21)11-14-7-5-6-8-16(14)22-4/h5-8,13,21H,9-12H2,1-4H3. The van der Waals surface area contributed by atoms with Crippen LogP contribution in [-0.2, 0) is 18.5 Å². The number of methoxy groups -OCH3 is 1. The van der Waals surface area contributed by atoms with E-state index in [1.807, 2.05) is 18.2 Å². The predicted octanol–water partition coefficient (Wildman–Crippen LogP) is 3.44. The van der Waals surface area contributed by atoms with Gasteiger partial charge in [-0.3, -0.25) is 4.90 Å². The summed E-state index contributed by atoms with van der Waals surface area (Å²) in [6.07, 6.45) is 0. The Kier molecular flexibility index (Phi) is 6.16. The number of hydrogen-bond donors (Lipinski definition) is 1. The fourth-order valence-electron chi connectivity index (χ4n) is 2.38. The molecule has 0 saturated heterocycles. The quantitative estimate of drug-likeness (QED) is 0.842. The number of aromatic nitrogens is 1. The molecular formula is C18H26N2O2S. The van der Waals surface area contributed by atoms with Crippen LogP contribution in [0.3, 0.4) is 0 Å². The van der Waals surface area contributed by atoms with Crippen LogP contribution in [0.15, 0.2) is 29.6 Å². The lowest BCUT2D eigenvalue weighted by Gasteiger charge is -2.21. The fraction of sp³-hybridized carbons (Fsp3) is 0.500. The minimum absolute atomic E-state index is 0.0768. The van der Waals surface area contributed by atoms with E-state index >= 15 is 0 Å². The van der Waals surface area contributed by atoms with Crippen molar-refractivity contribution in [3.8, 4) is 5.75 Å². The van der Waals surface area contributed by atoms with Gasteiger partial charge in [0.05, 0.1) is 24.4 Å². The van der Waals surface area contributed by atoms with E-state index in [2.05, 4.69) is 37.1 Å². The molecule has 0 saturated carbocycles. The number of benzene rings is 1. The van der Waals surface area contributed by atoms with E-state index in [0.717, 1.165) is 35.1 Å². The van der Waals surface area contributed by atoms with Crippen molar-refractivity contribution in [2.45, 2.75) is 39.3 Å². The lowest BCUT2D eigenvalue weighted by molar-refractivity contribution is 0.181. The molecule has 1 aromatic heterocycles. The first-order valence-corrected chi connectivity index (χ1v) is 8.72. The number of ether oxygens (including phenoxy) is 1. The number of nitrogens with zero attached hydrogens (tertiary/aromatic N) is 2. The zero-order valence-corrected chi connectivity index (χ0v) is 15.2. The number of aliphatic hydroxyl groups is 1. The second-order valence-electron chi connectivity index (χ2n) is 6.64. The van der Waals surface area contributed by atoms with Gasteiger partial charge in [-0.1, -0.05) is 39.0 Å². The van der Waals surface area contributed by atoms with E-state index in [1.54, 1.807) is 18.4 Å². The van der Waals surface area contributed by atoms with Gasteiger partial charge in [0, 0.05) is 36.0 Å². The average Bonchev–Trinajstić information content (AvgIpc) is 2.97.